The first-order valence-electron chi connectivity index (χ1n) is 8.58. The molecule has 0 saturated carbocycles. The molecule has 6 heteroatoms. The Morgan fingerprint density at radius 1 is 1.15 bits per heavy atom. The van der Waals surface area contributed by atoms with Gasteiger partial charge in [0.1, 0.15) is 6.54 Å². The predicted octanol–water partition coefficient (Wildman–Crippen LogP) is 2.51. The Kier molecular flexibility index (Phi) is 5.91. The van der Waals surface area contributed by atoms with E-state index in [2.05, 4.69) is 0 Å². The van der Waals surface area contributed by atoms with Gasteiger partial charge in [-0.15, -0.1) is 0 Å². The molecule has 0 radical (unpaired) electrons. The lowest BCUT2D eigenvalue weighted by molar-refractivity contribution is -0.140. The average molecular weight is 373 g/mol. The van der Waals surface area contributed by atoms with Crippen LogP contribution in [-0.4, -0.2) is 47.6 Å². The summed E-state index contributed by atoms with van der Waals surface area (Å²) < 4.78 is 0. The van der Waals surface area contributed by atoms with Crippen LogP contribution >= 0.6 is 11.6 Å². The fourth-order valence-corrected chi connectivity index (χ4v) is 3.44. The van der Waals surface area contributed by atoms with Crippen molar-refractivity contribution >= 4 is 29.1 Å². The second-order valence-corrected chi connectivity index (χ2v) is 6.76. The number of carbonyl (C=O) groups is 2. The highest BCUT2D eigenvalue weighted by molar-refractivity contribution is 6.30. The zero-order chi connectivity index (χ0) is 18.5. The summed E-state index contributed by atoms with van der Waals surface area (Å²) in [5.41, 5.74) is 1.83. The Morgan fingerprint density at radius 2 is 1.92 bits per heavy atom. The lowest BCUT2D eigenvalue weighted by atomic mass is 10.0. The highest BCUT2D eigenvalue weighted by atomic mass is 35.5. The molecule has 0 aromatic heterocycles. The number of hydrogen-bond acceptors (Lipinski definition) is 3. The summed E-state index contributed by atoms with van der Waals surface area (Å²) in [5, 5.41) is 9.68. The Morgan fingerprint density at radius 3 is 2.62 bits per heavy atom. The number of benzene rings is 2. The Bertz CT molecular complexity index is 782. The van der Waals surface area contributed by atoms with Gasteiger partial charge in [-0.3, -0.25) is 9.59 Å². The lowest BCUT2D eigenvalue weighted by Gasteiger charge is -2.41. The van der Waals surface area contributed by atoms with Gasteiger partial charge in [0.2, 0.25) is 11.8 Å². The monoisotopic (exact) mass is 372 g/mol. The Balaban J connectivity index is 1.86. The normalized spacial score (nSPS) is 17.5. The molecule has 2 aromatic carbocycles. The van der Waals surface area contributed by atoms with Crippen LogP contribution in [0.3, 0.4) is 0 Å². The van der Waals surface area contributed by atoms with E-state index in [9.17, 15) is 9.59 Å². The number of rotatable bonds is 5. The van der Waals surface area contributed by atoms with Crippen LogP contribution in [0.4, 0.5) is 5.69 Å². The van der Waals surface area contributed by atoms with E-state index in [0.717, 1.165) is 11.3 Å². The van der Waals surface area contributed by atoms with Crippen molar-refractivity contribution in [2.24, 2.45) is 0 Å². The van der Waals surface area contributed by atoms with Crippen LogP contribution in [0.1, 0.15) is 12.0 Å². The van der Waals surface area contributed by atoms with Crippen LogP contribution in [-0.2, 0) is 16.0 Å². The SMILES string of the molecule is O=C1CN(C(=O)CCO)[C@H](Cc2ccccc2)CN1c1cccc(Cl)c1. The third-order valence-corrected chi connectivity index (χ3v) is 4.76. The summed E-state index contributed by atoms with van der Waals surface area (Å²) in [7, 11) is 0. The van der Waals surface area contributed by atoms with Crippen molar-refractivity contribution in [1.82, 2.24) is 4.90 Å². The molecule has 1 heterocycles. The molecular formula is C20H21ClN2O3. The van der Waals surface area contributed by atoms with Crippen LogP contribution in [0.15, 0.2) is 54.6 Å². The molecule has 0 bridgehead atoms. The van der Waals surface area contributed by atoms with Gasteiger partial charge in [0, 0.05) is 23.7 Å². The topological polar surface area (TPSA) is 60.9 Å². The number of aliphatic hydroxyl groups excluding tert-OH is 1. The van der Waals surface area contributed by atoms with Gasteiger partial charge >= 0.3 is 0 Å². The first kappa shape index (κ1) is 18.4. The van der Waals surface area contributed by atoms with Crippen molar-refractivity contribution in [2.45, 2.75) is 18.9 Å². The van der Waals surface area contributed by atoms with Gasteiger partial charge < -0.3 is 14.9 Å². The highest BCUT2D eigenvalue weighted by Crippen LogP contribution is 2.25. The number of hydrogen-bond donors (Lipinski definition) is 1. The summed E-state index contributed by atoms with van der Waals surface area (Å²) >= 11 is 6.07. The maximum absolute atomic E-state index is 12.6. The van der Waals surface area contributed by atoms with E-state index in [1.54, 1.807) is 28.0 Å². The smallest absolute Gasteiger partial charge is 0.246 e. The number of carbonyl (C=O) groups excluding carboxylic acids is 2. The van der Waals surface area contributed by atoms with E-state index in [1.807, 2.05) is 36.4 Å². The number of halogens is 1. The number of anilines is 1. The van der Waals surface area contributed by atoms with E-state index in [-0.39, 0.29) is 37.4 Å². The first-order valence-corrected chi connectivity index (χ1v) is 8.96. The van der Waals surface area contributed by atoms with E-state index in [0.29, 0.717) is 18.0 Å². The first-order chi connectivity index (χ1) is 12.6. The van der Waals surface area contributed by atoms with Gasteiger partial charge in [0.05, 0.1) is 12.6 Å². The van der Waals surface area contributed by atoms with Crippen LogP contribution < -0.4 is 4.90 Å². The lowest BCUT2D eigenvalue weighted by Crippen LogP contribution is -2.59. The van der Waals surface area contributed by atoms with Crippen molar-refractivity contribution in [3.05, 3.63) is 65.2 Å². The molecule has 136 valence electrons. The molecule has 1 atom stereocenters. The molecule has 1 fully saturated rings. The summed E-state index contributed by atoms with van der Waals surface area (Å²) in [4.78, 5) is 28.3. The van der Waals surface area contributed by atoms with Gasteiger partial charge in [-0.2, -0.15) is 0 Å². The minimum atomic E-state index is -0.223. The zero-order valence-electron chi connectivity index (χ0n) is 14.3. The summed E-state index contributed by atoms with van der Waals surface area (Å²) in [5.74, 6) is -0.351. The summed E-state index contributed by atoms with van der Waals surface area (Å²) in [6, 6.07) is 16.9. The second-order valence-electron chi connectivity index (χ2n) is 6.32. The molecule has 26 heavy (non-hydrogen) atoms. The largest absolute Gasteiger partial charge is 0.396 e. The average Bonchev–Trinajstić information content (AvgIpc) is 2.64. The number of aliphatic hydroxyl groups is 1. The Hall–Kier alpha value is -2.37. The minimum Gasteiger partial charge on any atom is -0.396 e. The molecule has 2 aromatic rings. The predicted molar refractivity (Wildman–Crippen MR) is 101 cm³/mol. The van der Waals surface area contributed by atoms with Crippen LogP contribution in [0.5, 0.6) is 0 Å². The van der Waals surface area contributed by atoms with Crippen LogP contribution in [0.25, 0.3) is 0 Å². The summed E-state index contributed by atoms with van der Waals surface area (Å²) in [6.07, 6.45) is 0.665. The molecule has 1 N–H and O–H groups in total. The molecular weight excluding hydrogens is 352 g/mol. The fourth-order valence-electron chi connectivity index (χ4n) is 3.26. The molecule has 0 aliphatic carbocycles. The number of nitrogens with zero attached hydrogens (tertiary/aromatic N) is 2. The van der Waals surface area contributed by atoms with Crippen molar-refractivity contribution < 1.29 is 14.7 Å². The Labute approximate surface area is 157 Å². The third-order valence-electron chi connectivity index (χ3n) is 4.52. The van der Waals surface area contributed by atoms with Gasteiger partial charge in [-0.25, -0.2) is 0 Å². The minimum absolute atomic E-state index is 0.00282. The standard InChI is InChI=1S/C20H21ClN2O3/c21-16-7-4-8-17(12-16)22-13-18(11-15-5-2-1-3-6-15)23(14-20(22)26)19(25)9-10-24/h1-8,12,18,24H,9-11,13-14H2/t18-/m1/s1. The van der Waals surface area contributed by atoms with Crippen LogP contribution in [0.2, 0.25) is 5.02 Å². The molecule has 0 unspecified atom stereocenters. The fraction of sp³-hybridized carbons (Fsp3) is 0.300. The quantitative estimate of drug-likeness (QED) is 0.877. The molecule has 0 spiro atoms. The molecule has 2 amide bonds. The molecule has 1 aliphatic heterocycles. The maximum Gasteiger partial charge on any atom is 0.246 e. The van der Waals surface area contributed by atoms with Crippen molar-refractivity contribution in [2.75, 3.05) is 24.6 Å². The van der Waals surface area contributed by atoms with Crippen molar-refractivity contribution in [1.29, 1.82) is 0 Å². The van der Waals surface area contributed by atoms with Crippen molar-refractivity contribution in [3.63, 3.8) is 0 Å². The van der Waals surface area contributed by atoms with E-state index >= 15 is 0 Å². The molecule has 5 nitrogen and oxygen atoms in total. The highest BCUT2D eigenvalue weighted by Gasteiger charge is 2.35. The van der Waals surface area contributed by atoms with E-state index < -0.39 is 0 Å². The second kappa shape index (κ2) is 8.34. The molecule has 1 saturated heterocycles. The molecule has 3 rings (SSSR count). The third kappa shape index (κ3) is 4.23. The number of piperazine rings is 1. The van der Waals surface area contributed by atoms with Gasteiger partial charge in [-0.05, 0) is 30.2 Å². The number of amides is 2. The molecule has 1 aliphatic rings. The van der Waals surface area contributed by atoms with E-state index in [1.165, 1.54) is 0 Å². The summed E-state index contributed by atoms with van der Waals surface area (Å²) in [6.45, 7) is 0.174. The zero-order valence-corrected chi connectivity index (χ0v) is 15.1. The maximum atomic E-state index is 12.6. The van der Waals surface area contributed by atoms with Gasteiger partial charge in [0.25, 0.3) is 0 Å². The van der Waals surface area contributed by atoms with Gasteiger partial charge in [0.15, 0.2) is 0 Å². The van der Waals surface area contributed by atoms with Crippen molar-refractivity contribution in [3.8, 4) is 0 Å². The van der Waals surface area contributed by atoms with E-state index in [4.69, 9.17) is 16.7 Å². The van der Waals surface area contributed by atoms with Gasteiger partial charge in [-0.1, -0.05) is 48.0 Å². The van der Waals surface area contributed by atoms with Crippen LogP contribution in [0, 0.1) is 0 Å².